The first-order chi connectivity index (χ1) is 7.71. The van der Waals surface area contributed by atoms with Gasteiger partial charge < -0.3 is 10.6 Å². The minimum Gasteiger partial charge on any atom is -0.386 e. The minimum absolute atomic E-state index is 0.483. The number of carbonyl (C=O) groups is 1. The molecule has 0 bridgehead atoms. The minimum atomic E-state index is -0.483. The number of hydrogen-bond donors (Lipinski definition) is 3. The molecule has 0 heterocycles. The van der Waals surface area contributed by atoms with Crippen LogP contribution >= 0.6 is 0 Å². The number of rotatable bonds is 3. The summed E-state index contributed by atoms with van der Waals surface area (Å²) in [4.78, 5) is 15.7. The van der Waals surface area contributed by atoms with Gasteiger partial charge in [-0.3, -0.25) is 4.84 Å². The van der Waals surface area contributed by atoms with Crippen molar-refractivity contribution in [1.29, 1.82) is 5.26 Å². The molecule has 0 aliphatic rings. The molecule has 6 nitrogen and oxygen atoms in total. The predicted octanol–water partition coefficient (Wildman–Crippen LogP) is 1.28. The average Bonchev–Trinajstić information content (AvgIpc) is 2.30. The molecule has 84 valence electrons. The van der Waals surface area contributed by atoms with Crippen molar-refractivity contribution in [3.05, 3.63) is 23.8 Å². The van der Waals surface area contributed by atoms with Crippen molar-refractivity contribution in [2.45, 2.75) is 0 Å². The van der Waals surface area contributed by atoms with Gasteiger partial charge in [0.15, 0.2) is 0 Å². The standard InChI is InChI=1S/C10H12N4O2/c1-12-9-5-7(6-11)3-4-8(9)13-10(15)14-16-2/h3-5,12H,1-2H3,(H2,13,14,15). The zero-order chi connectivity index (χ0) is 12.0. The monoisotopic (exact) mass is 220 g/mol. The van der Waals surface area contributed by atoms with E-state index in [1.165, 1.54) is 7.11 Å². The van der Waals surface area contributed by atoms with E-state index in [1.807, 2.05) is 6.07 Å². The highest BCUT2D eigenvalue weighted by molar-refractivity contribution is 5.92. The lowest BCUT2D eigenvalue weighted by atomic mass is 10.2. The van der Waals surface area contributed by atoms with Crippen molar-refractivity contribution in [3.8, 4) is 6.07 Å². The van der Waals surface area contributed by atoms with Crippen molar-refractivity contribution in [2.75, 3.05) is 24.8 Å². The van der Waals surface area contributed by atoms with Gasteiger partial charge in [0.1, 0.15) is 0 Å². The van der Waals surface area contributed by atoms with E-state index >= 15 is 0 Å². The highest BCUT2D eigenvalue weighted by atomic mass is 16.6. The van der Waals surface area contributed by atoms with Gasteiger partial charge in [-0.2, -0.15) is 5.26 Å². The molecule has 2 amide bonds. The van der Waals surface area contributed by atoms with Crippen LogP contribution in [0.4, 0.5) is 16.2 Å². The van der Waals surface area contributed by atoms with Gasteiger partial charge in [-0.05, 0) is 18.2 Å². The van der Waals surface area contributed by atoms with Crippen molar-refractivity contribution < 1.29 is 9.63 Å². The van der Waals surface area contributed by atoms with E-state index < -0.39 is 6.03 Å². The molecule has 0 aliphatic heterocycles. The Labute approximate surface area is 93.2 Å². The second kappa shape index (κ2) is 5.58. The Hall–Kier alpha value is -2.26. The van der Waals surface area contributed by atoms with Crippen LogP contribution in [0.25, 0.3) is 0 Å². The Morgan fingerprint density at radius 1 is 1.44 bits per heavy atom. The second-order valence-electron chi connectivity index (χ2n) is 2.88. The van der Waals surface area contributed by atoms with Crippen LogP contribution in [0.2, 0.25) is 0 Å². The second-order valence-corrected chi connectivity index (χ2v) is 2.88. The molecule has 1 rings (SSSR count). The Morgan fingerprint density at radius 2 is 2.19 bits per heavy atom. The molecule has 1 aromatic rings. The van der Waals surface area contributed by atoms with Gasteiger partial charge in [0.05, 0.1) is 30.1 Å². The Balaban J connectivity index is 2.88. The Kier molecular flexibility index (Phi) is 4.12. The molecule has 0 aliphatic carbocycles. The summed E-state index contributed by atoms with van der Waals surface area (Å²) in [6.07, 6.45) is 0. The number of nitrogens with zero attached hydrogens (tertiary/aromatic N) is 1. The van der Waals surface area contributed by atoms with E-state index in [4.69, 9.17) is 5.26 Å². The molecule has 6 heteroatoms. The van der Waals surface area contributed by atoms with Gasteiger partial charge in [0, 0.05) is 7.05 Å². The van der Waals surface area contributed by atoms with Crippen LogP contribution in [0.3, 0.4) is 0 Å². The molecule has 0 saturated heterocycles. The number of amides is 2. The van der Waals surface area contributed by atoms with E-state index in [9.17, 15) is 4.79 Å². The summed E-state index contributed by atoms with van der Waals surface area (Å²) in [5.74, 6) is 0. The summed E-state index contributed by atoms with van der Waals surface area (Å²) in [7, 11) is 3.05. The van der Waals surface area contributed by atoms with Gasteiger partial charge >= 0.3 is 6.03 Å². The summed E-state index contributed by atoms with van der Waals surface area (Å²) in [5, 5.41) is 14.2. The number of hydroxylamine groups is 1. The molecular formula is C10H12N4O2. The van der Waals surface area contributed by atoms with E-state index in [2.05, 4.69) is 21.0 Å². The highest BCUT2D eigenvalue weighted by Crippen LogP contribution is 2.22. The fraction of sp³-hybridized carbons (Fsp3) is 0.200. The van der Waals surface area contributed by atoms with Crippen LogP contribution in [0.15, 0.2) is 18.2 Å². The first-order valence-electron chi connectivity index (χ1n) is 4.53. The van der Waals surface area contributed by atoms with Crippen LogP contribution in [0.1, 0.15) is 5.56 Å². The Bertz CT molecular complexity index is 425. The molecule has 0 fully saturated rings. The number of hydrogen-bond acceptors (Lipinski definition) is 4. The quantitative estimate of drug-likeness (QED) is 0.670. The maximum atomic E-state index is 11.2. The van der Waals surface area contributed by atoms with E-state index in [-0.39, 0.29) is 0 Å². The van der Waals surface area contributed by atoms with E-state index in [1.54, 1.807) is 25.2 Å². The smallest absolute Gasteiger partial charge is 0.343 e. The van der Waals surface area contributed by atoms with Gasteiger partial charge in [0.25, 0.3) is 0 Å². The lowest BCUT2D eigenvalue weighted by molar-refractivity contribution is 0.114. The summed E-state index contributed by atoms with van der Waals surface area (Å²) in [6, 6.07) is 6.43. The fourth-order valence-corrected chi connectivity index (χ4v) is 1.17. The summed E-state index contributed by atoms with van der Waals surface area (Å²) >= 11 is 0. The highest BCUT2D eigenvalue weighted by Gasteiger charge is 2.06. The fourth-order valence-electron chi connectivity index (χ4n) is 1.17. The van der Waals surface area contributed by atoms with E-state index in [0.29, 0.717) is 16.9 Å². The average molecular weight is 220 g/mol. The van der Waals surface area contributed by atoms with Crippen molar-refractivity contribution in [1.82, 2.24) is 5.48 Å². The SMILES string of the molecule is CNc1cc(C#N)ccc1NC(=O)NOC. The molecule has 0 spiro atoms. The number of urea groups is 1. The third kappa shape index (κ3) is 2.87. The summed E-state index contributed by atoms with van der Waals surface area (Å²) in [5.41, 5.74) is 3.87. The lowest BCUT2D eigenvalue weighted by Gasteiger charge is -2.10. The molecular weight excluding hydrogens is 208 g/mol. The topological polar surface area (TPSA) is 86.2 Å². The van der Waals surface area contributed by atoms with Crippen LogP contribution in [-0.4, -0.2) is 20.2 Å². The molecule has 0 aromatic heterocycles. The lowest BCUT2D eigenvalue weighted by Crippen LogP contribution is -2.27. The summed E-state index contributed by atoms with van der Waals surface area (Å²) < 4.78 is 0. The van der Waals surface area contributed by atoms with Crippen molar-refractivity contribution >= 4 is 17.4 Å². The van der Waals surface area contributed by atoms with Gasteiger partial charge in [-0.25, -0.2) is 10.3 Å². The molecule has 16 heavy (non-hydrogen) atoms. The van der Waals surface area contributed by atoms with Crippen LogP contribution in [0, 0.1) is 11.3 Å². The number of carbonyl (C=O) groups excluding carboxylic acids is 1. The maximum Gasteiger partial charge on any atom is 0.343 e. The van der Waals surface area contributed by atoms with Gasteiger partial charge in [0.2, 0.25) is 0 Å². The number of nitrogens with one attached hydrogen (secondary N) is 3. The largest absolute Gasteiger partial charge is 0.386 e. The number of benzene rings is 1. The normalized spacial score (nSPS) is 9.06. The number of nitriles is 1. The molecule has 0 atom stereocenters. The zero-order valence-corrected chi connectivity index (χ0v) is 9.00. The van der Waals surface area contributed by atoms with Crippen LogP contribution in [-0.2, 0) is 4.84 Å². The van der Waals surface area contributed by atoms with Crippen molar-refractivity contribution in [3.63, 3.8) is 0 Å². The predicted molar refractivity (Wildman–Crippen MR) is 59.9 cm³/mol. The van der Waals surface area contributed by atoms with Crippen LogP contribution in [0.5, 0.6) is 0 Å². The first-order valence-corrected chi connectivity index (χ1v) is 4.53. The third-order valence-electron chi connectivity index (χ3n) is 1.86. The molecule has 0 unspecified atom stereocenters. The van der Waals surface area contributed by atoms with Gasteiger partial charge in [-0.1, -0.05) is 0 Å². The molecule has 3 N–H and O–H groups in total. The Morgan fingerprint density at radius 3 is 2.75 bits per heavy atom. The molecule has 0 saturated carbocycles. The number of anilines is 2. The third-order valence-corrected chi connectivity index (χ3v) is 1.86. The molecule has 0 radical (unpaired) electrons. The van der Waals surface area contributed by atoms with E-state index in [0.717, 1.165) is 0 Å². The summed E-state index contributed by atoms with van der Waals surface area (Å²) in [6.45, 7) is 0. The van der Waals surface area contributed by atoms with Gasteiger partial charge in [-0.15, -0.1) is 0 Å². The maximum absolute atomic E-state index is 11.2. The van der Waals surface area contributed by atoms with Crippen molar-refractivity contribution in [2.24, 2.45) is 0 Å². The first kappa shape index (κ1) is 11.8. The zero-order valence-electron chi connectivity index (χ0n) is 9.00. The molecule has 1 aromatic carbocycles. The van der Waals surface area contributed by atoms with Crippen LogP contribution < -0.4 is 16.1 Å².